The van der Waals surface area contributed by atoms with Gasteiger partial charge in [-0.05, 0) is 32.6 Å². The zero-order valence-corrected chi connectivity index (χ0v) is 15.8. The summed E-state index contributed by atoms with van der Waals surface area (Å²) < 4.78 is 0. The fraction of sp³-hybridized carbons (Fsp3) is 0.947. The topological polar surface area (TPSA) is 18.8 Å². The molecule has 3 nitrogen and oxygen atoms in total. The summed E-state index contributed by atoms with van der Waals surface area (Å²) in [5, 5.41) is 0. The molecule has 3 heteroatoms. The van der Waals surface area contributed by atoms with Crippen molar-refractivity contribution in [2.45, 2.75) is 97.1 Å². The van der Waals surface area contributed by atoms with E-state index in [0.29, 0.717) is 12.1 Å². The average molecular weight is 310 g/mol. The molecule has 0 radical (unpaired) electrons. The lowest BCUT2D eigenvalue weighted by Crippen LogP contribution is -2.47. The zero-order valence-electron chi connectivity index (χ0n) is 15.8. The van der Waals surface area contributed by atoms with E-state index in [0.717, 1.165) is 6.54 Å². The van der Waals surface area contributed by atoms with Crippen LogP contribution < -0.4 is 0 Å². The van der Waals surface area contributed by atoms with Crippen LogP contribution in [0.4, 0.5) is 0 Å². The molecule has 0 aromatic heterocycles. The van der Waals surface area contributed by atoms with Gasteiger partial charge < -0.3 is 9.80 Å². The maximum absolute atomic E-state index is 5.11. The monoisotopic (exact) mass is 309 g/mol. The van der Waals surface area contributed by atoms with Crippen LogP contribution in [-0.4, -0.2) is 48.5 Å². The molecular weight excluding hydrogens is 270 g/mol. The highest BCUT2D eigenvalue weighted by molar-refractivity contribution is 5.80. The summed E-state index contributed by atoms with van der Waals surface area (Å²) in [6.45, 7) is 7.92. The number of aliphatic imine (C=N–C) groups is 1. The molecule has 0 aromatic rings. The summed E-state index contributed by atoms with van der Waals surface area (Å²) in [4.78, 5) is 9.98. The number of hydrogen-bond acceptors (Lipinski definition) is 1. The number of hydrogen-bond donors (Lipinski definition) is 0. The van der Waals surface area contributed by atoms with E-state index in [9.17, 15) is 0 Å². The first-order valence-electron chi connectivity index (χ1n) is 9.61. The molecule has 1 atom stereocenters. The Morgan fingerprint density at radius 1 is 1.05 bits per heavy atom. The van der Waals surface area contributed by atoms with Gasteiger partial charge in [0, 0.05) is 26.7 Å². The van der Waals surface area contributed by atoms with Crippen LogP contribution in [0, 0.1) is 0 Å². The van der Waals surface area contributed by atoms with E-state index in [2.05, 4.69) is 44.7 Å². The second kappa shape index (κ2) is 10.9. The predicted molar refractivity (Wildman–Crippen MR) is 98.6 cm³/mol. The lowest BCUT2D eigenvalue weighted by atomic mass is 9.94. The van der Waals surface area contributed by atoms with Gasteiger partial charge in [-0.25, -0.2) is 4.99 Å². The van der Waals surface area contributed by atoms with E-state index in [1.165, 1.54) is 70.2 Å². The second-order valence-electron chi connectivity index (χ2n) is 7.10. The van der Waals surface area contributed by atoms with Crippen LogP contribution in [0.1, 0.15) is 85.0 Å². The maximum atomic E-state index is 5.11. The van der Waals surface area contributed by atoms with E-state index < -0.39 is 0 Å². The van der Waals surface area contributed by atoms with Gasteiger partial charge in [0.25, 0.3) is 0 Å². The van der Waals surface area contributed by atoms with Crippen molar-refractivity contribution in [3.8, 4) is 0 Å². The third kappa shape index (κ3) is 6.58. The molecule has 0 saturated heterocycles. The van der Waals surface area contributed by atoms with Crippen molar-refractivity contribution >= 4 is 5.96 Å². The molecule has 1 aliphatic rings. The van der Waals surface area contributed by atoms with Crippen LogP contribution in [-0.2, 0) is 0 Å². The second-order valence-corrected chi connectivity index (χ2v) is 7.10. The number of nitrogens with zero attached hydrogens (tertiary/aromatic N) is 3. The molecule has 0 N–H and O–H groups in total. The molecule has 0 bridgehead atoms. The van der Waals surface area contributed by atoms with Gasteiger partial charge >= 0.3 is 0 Å². The van der Waals surface area contributed by atoms with Gasteiger partial charge in [-0.15, -0.1) is 0 Å². The van der Waals surface area contributed by atoms with Gasteiger partial charge in [-0.3, -0.25) is 0 Å². The smallest absolute Gasteiger partial charge is 0.196 e. The Kier molecular flexibility index (Phi) is 9.58. The molecule has 0 amide bonds. The summed E-state index contributed by atoms with van der Waals surface area (Å²) >= 11 is 0. The lowest BCUT2D eigenvalue weighted by Gasteiger charge is -2.37. The quantitative estimate of drug-likeness (QED) is 0.468. The molecule has 1 aliphatic carbocycles. The molecule has 0 heterocycles. The zero-order chi connectivity index (χ0) is 16.4. The molecule has 0 aromatic carbocycles. The summed E-state index contributed by atoms with van der Waals surface area (Å²) in [6.07, 6.45) is 13.1. The van der Waals surface area contributed by atoms with Crippen molar-refractivity contribution in [2.24, 2.45) is 4.99 Å². The maximum Gasteiger partial charge on any atom is 0.196 e. The van der Waals surface area contributed by atoms with Crippen molar-refractivity contribution in [1.29, 1.82) is 0 Å². The Bertz CT molecular complexity index is 308. The molecule has 1 unspecified atom stereocenters. The third-order valence-electron chi connectivity index (χ3n) is 4.94. The number of guanidine groups is 1. The minimum Gasteiger partial charge on any atom is -0.346 e. The molecule has 1 saturated carbocycles. The van der Waals surface area contributed by atoms with Gasteiger partial charge in [-0.1, -0.05) is 52.4 Å². The Morgan fingerprint density at radius 2 is 1.68 bits per heavy atom. The van der Waals surface area contributed by atoms with Crippen molar-refractivity contribution in [3.63, 3.8) is 0 Å². The predicted octanol–water partition coefficient (Wildman–Crippen LogP) is 4.92. The number of unbranched alkanes of at least 4 members (excludes halogenated alkanes) is 2. The van der Waals surface area contributed by atoms with E-state index in [1.807, 2.05) is 0 Å². The Hall–Kier alpha value is -0.730. The van der Waals surface area contributed by atoms with Crippen LogP contribution in [0.3, 0.4) is 0 Å². The van der Waals surface area contributed by atoms with E-state index in [1.54, 1.807) is 0 Å². The summed E-state index contributed by atoms with van der Waals surface area (Å²) in [6, 6.07) is 1.13. The molecule has 22 heavy (non-hydrogen) atoms. The Labute approximate surface area is 139 Å². The molecule has 1 fully saturated rings. The van der Waals surface area contributed by atoms with Gasteiger partial charge in [0.15, 0.2) is 5.96 Å². The highest BCUT2D eigenvalue weighted by Gasteiger charge is 2.23. The van der Waals surface area contributed by atoms with E-state index >= 15 is 0 Å². The van der Waals surface area contributed by atoms with Crippen LogP contribution in [0.2, 0.25) is 0 Å². The first-order valence-corrected chi connectivity index (χ1v) is 9.61. The number of rotatable bonds is 8. The van der Waals surface area contributed by atoms with Gasteiger partial charge in [0.05, 0.1) is 6.04 Å². The normalized spacial score (nSPS) is 18.3. The summed E-state index contributed by atoms with van der Waals surface area (Å²) in [7, 11) is 4.49. The summed E-state index contributed by atoms with van der Waals surface area (Å²) in [5.41, 5.74) is 0. The molecule has 0 aliphatic heterocycles. The fourth-order valence-electron chi connectivity index (χ4n) is 3.35. The largest absolute Gasteiger partial charge is 0.346 e. The highest BCUT2D eigenvalue weighted by Crippen LogP contribution is 2.23. The van der Waals surface area contributed by atoms with Gasteiger partial charge in [0.2, 0.25) is 0 Å². The van der Waals surface area contributed by atoms with E-state index in [4.69, 9.17) is 4.99 Å². The highest BCUT2D eigenvalue weighted by atomic mass is 15.4. The first-order chi connectivity index (χ1) is 10.6. The van der Waals surface area contributed by atoms with Crippen LogP contribution in [0.5, 0.6) is 0 Å². The third-order valence-corrected chi connectivity index (χ3v) is 4.94. The minimum absolute atomic E-state index is 0.435. The van der Waals surface area contributed by atoms with Crippen LogP contribution in [0.25, 0.3) is 0 Å². The van der Waals surface area contributed by atoms with Gasteiger partial charge in [-0.2, -0.15) is 0 Å². The fourth-order valence-corrected chi connectivity index (χ4v) is 3.35. The Balaban J connectivity index is 2.76. The van der Waals surface area contributed by atoms with Crippen molar-refractivity contribution in [3.05, 3.63) is 0 Å². The van der Waals surface area contributed by atoms with Crippen molar-refractivity contribution in [2.75, 3.05) is 20.6 Å². The lowest BCUT2D eigenvalue weighted by molar-refractivity contribution is 0.248. The molecule has 130 valence electrons. The van der Waals surface area contributed by atoms with Crippen molar-refractivity contribution in [1.82, 2.24) is 9.80 Å². The molecule has 1 rings (SSSR count). The van der Waals surface area contributed by atoms with Crippen molar-refractivity contribution < 1.29 is 0 Å². The minimum atomic E-state index is 0.435. The van der Waals surface area contributed by atoms with Gasteiger partial charge in [0.1, 0.15) is 0 Å². The first kappa shape index (κ1) is 19.3. The molecular formula is C19H39N3. The standard InChI is InChI=1S/C19H39N3/c1-6-8-13-17(3)20-19(21(4)16-9-7-2)22(5)18-14-11-10-12-15-18/h17-18H,6-16H2,1-5H3. The SMILES string of the molecule is CCCCC(C)N=C(N(C)CCCC)N(C)C1CCCCC1. The van der Waals surface area contributed by atoms with E-state index in [-0.39, 0.29) is 0 Å². The van der Waals surface area contributed by atoms with Crippen LogP contribution >= 0.6 is 0 Å². The Morgan fingerprint density at radius 3 is 2.27 bits per heavy atom. The summed E-state index contributed by atoms with van der Waals surface area (Å²) in [5.74, 6) is 1.23. The average Bonchev–Trinajstić information content (AvgIpc) is 2.55. The van der Waals surface area contributed by atoms with Crippen LogP contribution in [0.15, 0.2) is 4.99 Å². The molecule has 0 spiro atoms.